The summed E-state index contributed by atoms with van der Waals surface area (Å²) in [6.07, 6.45) is 0. The van der Waals surface area contributed by atoms with Gasteiger partial charge in [-0.2, -0.15) is 0 Å². The van der Waals surface area contributed by atoms with E-state index in [0.717, 1.165) is 13.1 Å². The minimum absolute atomic E-state index is 0.0398. The highest BCUT2D eigenvalue weighted by Gasteiger charge is 2.29. The molecular weight excluding hydrogens is 328 g/mol. The van der Waals surface area contributed by atoms with Gasteiger partial charge in [-0.1, -0.05) is 46.8 Å². The average Bonchev–Trinajstić information content (AvgIpc) is 2.60. The van der Waals surface area contributed by atoms with E-state index in [1.807, 2.05) is 0 Å². The van der Waals surface area contributed by atoms with E-state index in [9.17, 15) is 9.59 Å². The Balaban J connectivity index is 2.16. The number of amides is 1. The summed E-state index contributed by atoms with van der Waals surface area (Å²) in [6, 6.07) is 6.72. The monoisotopic (exact) mass is 360 g/mol. The summed E-state index contributed by atoms with van der Waals surface area (Å²) in [4.78, 5) is 27.7. The second-order valence-corrected chi connectivity index (χ2v) is 8.18. The van der Waals surface area contributed by atoms with Crippen molar-refractivity contribution in [2.24, 2.45) is 0 Å². The van der Waals surface area contributed by atoms with Gasteiger partial charge in [-0.15, -0.1) is 0 Å². The predicted molar refractivity (Wildman–Crippen MR) is 105 cm³/mol. The van der Waals surface area contributed by atoms with Crippen molar-refractivity contribution < 1.29 is 14.3 Å². The molecule has 1 aliphatic heterocycles. The molecule has 0 aliphatic carbocycles. The van der Waals surface area contributed by atoms with E-state index in [2.05, 4.69) is 57.7 Å². The van der Waals surface area contributed by atoms with Gasteiger partial charge in [0.25, 0.3) is 0 Å². The lowest BCUT2D eigenvalue weighted by atomic mass is 9.83. The molecule has 5 nitrogen and oxygen atoms in total. The van der Waals surface area contributed by atoms with Crippen LogP contribution in [0.15, 0.2) is 18.2 Å². The highest BCUT2D eigenvalue weighted by Crippen LogP contribution is 2.35. The molecule has 1 heterocycles. The Morgan fingerprint density at radius 1 is 1.12 bits per heavy atom. The number of nitrogens with zero attached hydrogens (tertiary/aromatic N) is 2. The van der Waals surface area contributed by atoms with Crippen molar-refractivity contribution in [3.8, 4) is 0 Å². The van der Waals surface area contributed by atoms with Crippen molar-refractivity contribution >= 4 is 17.6 Å². The summed E-state index contributed by atoms with van der Waals surface area (Å²) < 4.78 is 4.82. The van der Waals surface area contributed by atoms with Gasteiger partial charge < -0.3 is 14.5 Å². The topological polar surface area (TPSA) is 49.9 Å². The summed E-state index contributed by atoms with van der Waals surface area (Å²) in [6.45, 7) is 15.6. The molecule has 0 unspecified atom stereocenters. The lowest BCUT2D eigenvalue weighted by Gasteiger charge is -2.38. The van der Waals surface area contributed by atoms with Gasteiger partial charge in [0.1, 0.15) is 0 Å². The average molecular weight is 360 g/mol. The molecule has 5 heteroatoms. The molecule has 0 atom stereocenters. The first kappa shape index (κ1) is 20.3. The molecule has 1 saturated heterocycles. The van der Waals surface area contributed by atoms with E-state index in [1.54, 1.807) is 11.8 Å². The molecule has 144 valence electrons. The molecule has 0 aromatic heterocycles. The van der Waals surface area contributed by atoms with Crippen LogP contribution in [-0.2, 0) is 19.7 Å². The molecule has 26 heavy (non-hydrogen) atoms. The molecule has 1 amide bonds. The van der Waals surface area contributed by atoms with Crippen LogP contribution >= 0.6 is 0 Å². The van der Waals surface area contributed by atoms with E-state index < -0.39 is 11.9 Å². The number of hydrogen-bond acceptors (Lipinski definition) is 4. The Morgan fingerprint density at radius 3 is 2.23 bits per heavy atom. The van der Waals surface area contributed by atoms with Gasteiger partial charge >= 0.3 is 11.9 Å². The third kappa shape index (κ3) is 4.57. The molecule has 0 N–H and O–H groups in total. The van der Waals surface area contributed by atoms with E-state index in [-0.39, 0.29) is 12.0 Å². The zero-order valence-electron chi connectivity index (χ0n) is 17.0. The van der Waals surface area contributed by atoms with E-state index in [0.29, 0.717) is 19.0 Å². The summed E-state index contributed by atoms with van der Waals surface area (Å²) in [5, 5.41) is 0. The van der Waals surface area contributed by atoms with Crippen molar-refractivity contribution in [2.75, 3.05) is 37.7 Å². The SMILES string of the molecule is CCOC(=O)C(=O)N1CCN(c2ccc(C(C)C)cc2C(C)(C)C)CC1. The van der Waals surface area contributed by atoms with Crippen molar-refractivity contribution in [3.05, 3.63) is 29.3 Å². The summed E-state index contributed by atoms with van der Waals surface area (Å²) in [5.41, 5.74) is 3.94. The quantitative estimate of drug-likeness (QED) is 0.613. The van der Waals surface area contributed by atoms with E-state index >= 15 is 0 Å². The molecule has 0 bridgehead atoms. The summed E-state index contributed by atoms with van der Waals surface area (Å²) >= 11 is 0. The second kappa shape index (κ2) is 8.11. The Hall–Kier alpha value is -2.04. The highest BCUT2D eigenvalue weighted by atomic mass is 16.5. The molecule has 0 radical (unpaired) electrons. The maximum absolute atomic E-state index is 12.1. The molecule has 0 spiro atoms. The number of benzene rings is 1. The van der Waals surface area contributed by atoms with Crippen LogP contribution in [-0.4, -0.2) is 49.6 Å². The fraction of sp³-hybridized carbons (Fsp3) is 0.619. The summed E-state index contributed by atoms with van der Waals surface area (Å²) in [5.74, 6) is -0.792. The number of carbonyl (C=O) groups is 2. The van der Waals surface area contributed by atoms with Gasteiger partial charge in [0.05, 0.1) is 6.61 Å². The second-order valence-electron chi connectivity index (χ2n) is 8.18. The Morgan fingerprint density at radius 2 is 1.73 bits per heavy atom. The highest BCUT2D eigenvalue weighted by molar-refractivity contribution is 6.32. The van der Waals surface area contributed by atoms with Crippen LogP contribution in [0.3, 0.4) is 0 Å². The Labute approximate surface area is 157 Å². The van der Waals surface area contributed by atoms with Crippen LogP contribution in [0.4, 0.5) is 5.69 Å². The first-order valence-corrected chi connectivity index (χ1v) is 9.50. The molecule has 1 aromatic rings. The lowest BCUT2D eigenvalue weighted by molar-refractivity contribution is -0.160. The molecule has 1 fully saturated rings. The zero-order chi connectivity index (χ0) is 19.5. The first-order chi connectivity index (χ1) is 12.1. The van der Waals surface area contributed by atoms with Crippen LogP contribution in [0.2, 0.25) is 0 Å². The molecular formula is C21H32N2O3. The maximum Gasteiger partial charge on any atom is 0.397 e. The predicted octanol–water partition coefficient (Wildman–Crippen LogP) is 3.32. The molecule has 2 rings (SSSR count). The minimum Gasteiger partial charge on any atom is -0.459 e. The van der Waals surface area contributed by atoms with E-state index in [1.165, 1.54) is 16.8 Å². The van der Waals surface area contributed by atoms with Crippen LogP contribution in [0.1, 0.15) is 58.6 Å². The smallest absolute Gasteiger partial charge is 0.397 e. The fourth-order valence-electron chi connectivity index (χ4n) is 3.26. The van der Waals surface area contributed by atoms with Gasteiger partial charge in [0, 0.05) is 31.9 Å². The molecule has 1 aliphatic rings. The standard InChI is InChI=1S/C21H32N2O3/c1-7-26-20(25)19(24)23-12-10-22(11-13-23)18-9-8-16(15(2)3)14-17(18)21(4,5)6/h8-9,14-15H,7,10-13H2,1-6H3. The largest absolute Gasteiger partial charge is 0.459 e. The number of piperazine rings is 1. The van der Waals surface area contributed by atoms with Gasteiger partial charge in [-0.05, 0) is 35.4 Å². The Bertz CT molecular complexity index is 654. The van der Waals surface area contributed by atoms with Crippen molar-refractivity contribution in [1.82, 2.24) is 4.90 Å². The van der Waals surface area contributed by atoms with Crippen LogP contribution in [0.5, 0.6) is 0 Å². The van der Waals surface area contributed by atoms with Crippen molar-refractivity contribution in [1.29, 1.82) is 0 Å². The van der Waals surface area contributed by atoms with Crippen LogP contribution in [0, 0.1) is 0 Å². The van der Waals surface area contributed by atoms with Gasteiger partial charge in [0.2, 0.25) is 0 Å². The zero-order valence-corrected chi connectivity index (χ0v) is 17.0. The molecule has 1 aromatic carbocycles. The number of ether oxygens (including phenoxy) is 1. The number of anilines is 1. The first-order valence-electron chi connectivity index (χ1n) is 9.50. The van der Waals surface area contributed by atoms with Gasteiger partial charge in [-0.25, -0.2) is 4.79 Å². The number of esters is 1. The van der Waals surface area contributed by atoms with Crippen LogP contribution in [0.25, 0.3) is 0 Å². The molecule has 0 saturated carbocycles. The fourth-order valence-corrected chi connectivity index (χ4v) is 3.26. The van der Waals surface area contributed by atoms with Crippen LogP contribution < -0.4 is 4.90 Å². The normalized spacial score (nSPS) is 15.3. The third-order valence-electron chi connectivity index (χ3n) is 4.85. The number of carbonyl (C=O) groups excluding carboxylic acids is 2. The van der Waals surface area contributed by atoms with Crippen molar-refractivity contribution in [2.45, 2.75) is 52.9 Å². The third-order valence-corrected chi connectivity index (χ3v) is 4.85. The summed E-state index contributed by atoms with van der Waals surface area (Å²) in [7, 11) is 0. The Kier molecular flexibility index (Phi) is 6.32. The van der Waals surface area contributed by atoms with Gasteiger partial charge in [-0.3, -0.25) is 4.79 Å². The maximum atomic E-state index is 12.1. The van der Waals surface area contributed by atoms with E-state index in [4.69, 9.17) is 4.74 Å². The number of rotatable bonds is 3. The lowest BCUT2D eigenvalue weighted by Crippen LogP contribution is -2.51. The number of hydrogen-bond donors (Lipinski definition) is 0. The minimum atomic E-state index is -0.752. The van der Waals surface area contributed by atoms with Gasteiger partial charge in [0.15, 0.2) is 0 Å². The van der Waals surface area contributed by atoms with Crippen molar-refractivity contribution in [3.63, 3.8) is 0 Å².